The van der Waals surface area contributed by atoms with Crippen LogP contribution in [0, 0.1) is 6.92 Å². The molecular formula is C17H14BrN. The van der Waals surface area contributed by atoms with Gasteiger partial charge in [-0.2, -0.15) is 0 Å². The summed E-state index contributed by atoms with van der Waals surface area (Å²) in [5.41, 5.74) is 6.18. The maximum Gasteiger partial charge on any atom is 0.0201 e. The highest BCUT2D eigenvalue weighted by Gasteiger charge is 2.11. The van der Waals surface area contributed by atoms with Crippen molar-refractivity contribution < 1.29 is 0 Å². The molecule has 0 aliphatic heterocycles. The average Bonchev–Trinajstić information content (AvgIpc) is 2.82. The molecule has 1 N–H and O–H groups in total. The Morgan fingerprint density at radius 3 is 2.37 bits per heavy atom. The average molecular weight is 312 g/mol. The second-order valence-corrected chi connectivity index (χ2v) is 5.49. The van der Waals surface area contributed by atoms with Gasteiger partial charge in [0.2, 0.25) is 0 Å². The van der Waals surface area contributed by atoms with Crippen LogP contribution < -0.4 is 0 Å². The smallest absolute Gasteiger partial charge is 0.0201 e. The lowest BCUT2D eigenvalue weighted by Gasteiger charge is -2.06. The summed E-state index contributed by atoms with van der Waals surface area (Å²) in [7, 11) is 0. The number of benzene rings is 2. The molecule has 0 bridgehead atoms. The molecule has 0 aliphatic rings. The van der Waals surface area contributed by atoms with Crippen molar-refractivity contribution in [3.05, 3.63) is 71.0 Å². The first-order chi connectivity index (χ1) is 9.25. The van der Waals surface area contributed by atoms with E-state index in [1.807, 2.05) is 12.1 Å². The van der Waals surface area contributed by atoms with E-state index in [0.717, 1.165) is 4.47 Å². The first-order valence-electron chi connectivity index (χ1n) is 6.25. The van der Waals surface area contributed by atoms with Crippen LogP contribution in [0.5, 0.6) is 0 Å². The van der Waals surface area contributed by atoms with Gasteiger partial charge >= 0.3 is 0 Å². The van der Waals surface area contributed by atoms with E-state index >= 15 is 0 Å². The van der Waals surface area contributed by atoms with Gasteiger partial charge in [-0.3, -0.25) is 0 Å². The van der Waals surface area contributed by atoms with Gasteiger partial charge in [-0.15, -0.1) is 0 Å². The summed E-state index contributed by atoms with van der Waals surface area (Å²) in [6, 6.07) is 18.9. The Labute approximate surface area is 121 Å². The predicted molar refractivity (Wildman–Crippen MR) is 84.1 cm³/mol. The Hall–Kier alpha value is -1.80. The molecule has 94 valence electrons. The molecule has 19 heavy (non-hydrogen) atoms. The standard InChI is InChI=1S/C17H14BrN/c1-12-17(13-6-3-2-4-7-13)16(11-19-12)14-8-5-9-15(18)10-14/h2-11,19H,1H3. The van der Waals surface area contributed by atoms with Crippen molar-refractivity contribution in [3.63, 3.8) is 0 Å². The summed E-state index contributed by atoms with van der Waals surface area (Å²) >= 11 is 3.54. The second-order valence-electron chi connectivity index (χ2n) is 4.58. The highest BCUT2D eigenvalue weighted by Crippen LogP contribution is 2.35. The van der Waals surface area contributed by atoms with Gasteiger partial charge in [0.1, 0.15) is 0 Å². The number of hydrogen-bond acceptors (Lipinski definition) is 0. The van der Waals surface area contributed by atoms with Crippen molar-refractivity contribution in [1.82, 2.24) is 4.98 Å². The van der Waals surface area contributed by atoms with Crippen LogP contribution >= 0.6 is 15.9 Å². The summed E-state index contributed by atoms with van der Waals surface area (Å²) in [4.78, 5) is 3.34. The van der Waals surface area contributed by atoms with Gasteiger partial charge in [0.25, 0.3) is 0 Å². The Morgan fingerprint density at radius 2 is 1.63 bits per heavy atom. The second kappa shape index (κ2) is 5.06. The molecule has 0 radical (unpaired) electrons. The van der Waals surface area contributed by atoms with Crippen molar-refractivity contribution in [2.45, 2.75) is 6.92 Å². The Bertz CT molecular complexity index is 698. The van der Waals surface area contributed by atoms with E-state index in [0.29, 0.717) is 0 Å². The van der Waals surface area contributed by atoms with Gasteiger partial charge in [0.15, 0.2) is 0 Å². The van der Waals surface area contributed by atoms with Crippen LogP contribution in [0.1, 0.15) is 5.69 Å². The van der Waals surface area contributed by atoms with Crippen LogP contribution in [-0.4, -0.2) is 4.98 Å². The van der Waals surface area contributed by atoms with Crippen LogP contribution in [0.25, 0.3) is 22.3 Å². The minimum absolute atomic E-state index is 1.10. The SMILES string of the molecule is Cc1[nH]cc(-c2cccc(Br)c2)c1-c1ccccc1. The fourth-order valence-electron chi connectivity index (χ4n) is 2.39. The lowest BCUT2D eigenvalue weighted by Crippen LogP contribution is -1.82. The molecule has 0 spiro atoms. The van der Waals surface area contributed by atoms with Crippen LogP contribution in [-0.2, 0) is 0 Å². The first kappa shape index (κ1) is 12.2. The quantitative estimate of drug-likeness (QED) is 0.650. The van der Waals surface area contributed by atoms with E-state index in [-0.39, 0.29) is 0 Å². The lowest BCUT2D eigenvalue weighted by molar-refractivity contribution is 1.27. The van der Waals surface area contributed by atoms with E-state index < -0.39 is 0 Å². The summed E-state index contributed by atoms with van der Waals surface area (Å²) in [5, 5.41) is 0. The Kier molecular flexibility index (Phi) is 3.26. The van der Waals surface area contributed by atoms with Gasteiger partial charge in [0, 0.05) is 27.5 Å². The molecule has 3 rings (SSSR count). The molecule has 2 heteroatoms. The Morgan fingerprint density at radius 1 is 0.895 bits per heavy atom. The molecule has 1 heterocycles. The highest BCUT2D eigenvalue weighted by atomic mass is 79.9. The van der Waals surface area contributed by atoms with E-state index in [1.165, 1.54) is 27.9 Å². The largest absolute Gasteiger partial charge is 0.364 e. The zero-order valence-corrected chi connectivity index (χ0v) is 12.2. The molecule has 0 saturated heterocycles. The number of hydrogen-bond donors (Lipinski definition) is 1. The number of aryl methyl sites for hydroxylation is 1. The first-order valence-corrected chi connectivity index (χ1v) is 7.04. The van der Waals surface area contributed by atoms with Gasteiger partial charge < -0.3 is 4.98 Å². The summed E-state index contributed by atoms with van der Waals surface area (Å²) in [6.07, 6.45) is 2.08. The van der Waals surface area contributed by atoms with Crippen molar-refractivity contribution in [2.75, 3.05) is 0 Å². The van der Waals surface area contributed by atoms with Crippen LogP contribution in [0.2, 0.25) is 0 Å². The molecule has 0 atom stereocenters. The number of nitrogens with one attached hydrogen (secondary N) is 1. The topological polar surface area (TPSA) is 15.8 Å². The maximum atomic E-state index is 3.54. The summed E-state index contributed by atoms with van der Waals surface area (Å²) in [6.45, 7) is 2.11. The van der Waals surface area contributed by atoms with Crippen molar-refractivity contribution in [1.29, 1.82) is 0 Å². The van der Waals surface area contributed by atoms with Gasteiger partial charge in [-0.05, 0) is 30.2 Å². The predicted octanol–water partition coefficient (Wildman–Crippen LogP) is 5.42. The lowest BCUT2D eigenvalue weighted by atomic mass is 9.97. The minimum Gasteiger partial charge on any atom is -0.364 e. The molecular weight excluding hydrogens is 298 g/mol. The number of aromatic nitrogens is 1. The molecule has 0 unspecified atom stereocenters. The van der Waals surface area contributed by atoms with Gasteiger partial charge in [-0.1, -0.05) is 58.4 Å². The van der Waals surface area contributed by atoms with Gasteiger partial charge in [-0.25, -0.2) is 0 Å². The molecule has 2 aromatic carbocycles. The van der Waals surface area contributed by atoms with Crippen molar-refractivity contribution in [2.24, 2.45) is 0 Å². The summed E-state index contributed by atoms with van der Waals surface area (Å²) in [5.74, 6) is 0. The highest BCUT2D eigenvalue weighted by molar-refractivity contribution is 9.10. The maximum absolute atomic E-state index is 3.54. The molecule has 0 aliphatic carbocycles. The fraction of sp³-hybridized carbons (Fsp3) is 0.0588. The third-order valence-corrected chi connectivity index (χ3v) is 3.77. The normalized spacial score (nSPS) is 10.6. The van der Waals surface area contributed by atoms with E-state index in [2.05, 4.69) is 76.5 Å². The van der Waals surface area contributed by atoms with Crippen LogP contribution in [0.3, 0.4) is 0 Å². The van der Waals surface area contributed by atoms with E-state index in [9.17, 15) is 0 Å². The molecule has 0 saturated carbocycles. The number of aromatic amines is 1. The molecule has 1 nitrogen and oxygen atoms in total. The molecule has 0 fully saturated rings. The minimum atomic E-state index is 1.10. The van der Waals surface area contributed by atoms with Crippen LogP contribution in [0.4, 0.5) is 0 Å². The molecule has 1 aromatic heterocycles. The molecule has 0 amide bonds. The number of halogens is 1. The number of rotatable bonds is 2. The van der Waals surface area contributed by atoms with Gasteiger partial charge in [0.05, 0.1) is 0 Å². The molecule has 3 aromatic rings. The number of H-pyrrole nitrogens is 1. The third-order valence-electron chi connectivity index (χ3n) is 3.28. The zero-order valence-electron chi connectivity index (χ0n) is 10.7. The van der Waals surface area contributed by atoms with E-state index in [1.54, 1.807) is 0 Å². The Balaban J connectivity index is 2.19. The zero-order chi connectivity index (χ0) is 13.2. The van der Waals surface area contributed by atoms with Crippen molar-refractivity contribution >= 4 is 15.9 Å². The third kappa shape index (κ3) is 2.36. The fourth-order valence-corrected chi connectivity index (χ4v) is 2.79. The van der Waals surface area contributed by atoms with Crippen LogP contribution in [0.15, 0.2) is 65.3 Å². The van der Waals surface area contributed by atoms with E-state index in [4.69, 9.17) is 0 Å². The summed E-state index contributed by atoms with van der Waals surface area (Å²) < 4.78 is 1.10. The van der Waals surface area contributed by atoms with Crippen molar-refractivity contribution in [3.8, 4) is 22.3 Å². The monoisotopic (exact) mass is 311 g/mol.